The van der Waals surface area contributed by atoms with E-state index in [9.17, 15) is 9.59 Å². The lowest BCUT2D eigenvalue weighted by molar-refractivity contribution is -0.117. The zero-order valence-corrected chi connectivity index (χ0v) is 13.1. The van der Waals surface area contributed by atoms with Crippen LogP contribution in [0, 0.1) is 11.8 Å². The predicted octanol–water partition coefficient (Wildman–Crippen LogP) is 1.71. The lowest BCUT2D eigenvalue weighted by Crippen LogP contribution is -2.52. The molecule has 2 unspecified atom stereocenters. The van der Waals surface area contributed by atoms with Gasteiger partial charge in [0.15, 0.2) is 0 Å². The third kappa shape index (κ3) is 3.14. The van der Waals surface area contributed by atoms with Crippen molar-refractivity contribution >= 4 is 17.5 Å². The number of amides is 2. The van der Waals surface area contributed by atoms with E-state index in [2.05, 4.69) is 24.5 Å². The smallest absolute Gasteiger partial charge is 0.254 e. The molecule has 1 aromatic carbocycles. The summed E-state index contributed by atoms with van der Waals surface area (Å²) in [6, 6.07) is 7.42. The lowest BCUT2D eigenvalue weighted by Gasteiger charge is -2.34. The van der Waals surface area contributed by atoms with E-state index in [1.165, 1.54) is 0 Å². The third-order valence-corrected chi connectivity index (χ3v) is 4.61. The maximum Gasteiger partial charge on any atom is 0.254 e. The summed E-state index contributed by atoms with van der Waals surface area (Å²) in [5.41, 5.74) is 1.43. The van der Waals surface area contributed by atoms with Crippen LogP contribution in [-0.4, -0.2) is 42.4 Å². The molecule has 2 aliphatic rings. The fraction of sp³-hybridized carbons (Fsp3) is 0.529. The number of piperazine rings is 1. The summed E-state index contributed by atoms with van der Waals surface area (Å²) in [6.07, 6.45) is 0.975. The van der Waals surface area contributed by atoms with Gasteiger partial charge in [-0.15, -0.1) is 0 Å². The quantitative estimate of drug-likeness (QED) is 0.893. The van der Waals surface area contributed by atoms with Crippen molar-refractivity contribution in [3.8, 4) is 0 Å². The summed E-state index contributed by atoms with van der Waals surface area (Å²) < 4.78 is 0. The topological polar surface area (TPSA) is 61.4 Å². The van der Waals surface area contributed by atoms with Crippen LogP contribution < -0.4 is 10.6 Å². The minimum absolute atomic E-state index is 0.0580. The van der Waals surface area contributed by atoms with Gasteiger partial charge in [0, 0.05) is 42.8 Å². The summed E-state index contributed by atoms with van der Waals surface area (Å²) in [5.74, 6) is 0.794. The SMILES string of the molecule is CC1CC1C(=O)Nc1ccc(C(=O)N2CCNC[C@@H]2C)cc1. The molecule has 1 saturated carbocycles. The minimum Gasteiger partial charge on any atom is -0.333 e. The molecule has 0 spiro atoms. The third-order valence-electron chi connectivity index (χ3n) is 4.61. The van der Waals surface area contributed by atoms with Crippen LogP contribution in [-0.2, 0) is 4.79 Å². The van der Waals surface area contributed by atoms with Crippen molar-refractivity contribution in [1.29, 1.82) is 0 Å². The number of hydrogen-bond acceptors (Lipinski definition) is 3. The Balaban J connectivity index is 1.63. The van der Waals surface area contributed by atoms with Crippen LogP contribution >= 0.6 is 0 Å². The number of nitrogens with one attached hydrogen (secondary N) is 2. The highest BCUT2D eigenvalue weighted by atomic mass is 16.2. The average molecular weight is 301 g/mol. The number of carbonyl (C=O) groups is 2. The van der Waals surface area contributed by atoms with E-state index in [1.54, 1.807) is 12.1 Å². The van der Waals surface area contributed by atoms with Crippen molar-refractivity contribution < 1.29 is 9.59 Å². The average Bonchev–Trinajstić information content (AvgIpc) is 3.25. The fourth-order valence-corrected chi connectivity index (χ4v) is 2.93. The van der Waals surface area contributed by atoms with E-state index in [4.69, 9.17) is 0 Å². The van der Waals surface area contributed by atoms with Crippen LogP contribution in [0.3, 0.4) is 0 Å². The second-order valence-electron chi connectivity index (χ2n) is 6.44. The molecule has 2 N–H and O–H groups in total. The van der Waals surface area contributed by atoms with Gasteiger partial charge in [-0.1, -0.05) is 6.92 Å². The Morgan fingerprint density at radius 3 is 2.50 bits per heavy atom. The molecule has 3 atom stereocenters. The molecule has 1 heterocycles. The fourth-order valence-electron chi connectivity index (χ4n) is 2.93. The summed E-state index contributed by atoms with van der Waals surface area (Å²) in [5, 5.41) is 6.20. The number of benzene rings is 1. The maximum atomic E-state index is 12.5. The minimum atomic E-state index is 0.0580. The molecule has 1 saturated heterocycles. The van der Waals surface area contributed by atoms with Gasteiger partial charge < -0.3 is 15.5 Å². The predicted molar refractivity (Wildman–Crippen MR) is 85.7 cm³/mol. The highest BCUT2D eigenvalue weighted by Crippen LogP contribution is 2.38. The van der Waals surface area contributed by atoms with E-state index >= 15 is 0 Å². The molecular formula is C17H23N3O2. The van der Waals surface area contributed by atoms with E-state index in [0.29, 0.717) is 11.5 Å². The first-order valence-electron chi connectivity index (χ1n) is 7.99. The molecule has 1 aromatic rings. The van der Waals surface area contributed by atoms with E-state index in [-0.39, 0.29) is 23.8 Å². The standard InChI is InChI=1S/C17H23N3O2/c1-11-9-15(11)16(21)19-14-5-3-13(4-6-14)17(22)20-8-7-18-10-12(20)2/h3-6,11-12,15,18H,7-10H2,1-2H3,(H,19,21)/t11?,12-,15?/m0/s1. The Morgan fingerprint density at radius 1 is 1.23 bits per heavy atom. The van der Waals surface area contributed by atoms with Gasteiger partial charge in [-0.25, -0.2) is 0 Å². The second-order valence-corrected chi connectivity index (χ2v) is 6.44. The first-order chi connectivity index (χ1) is 10.6. The Kier molecular flexibility index (Phi) is 4.16. The van der Waals surface area contributed by atoms with E-state index < -0.39 is 0 Å². The number of rotatable bonds is 3. The second kappa shape index (κ2) is 6.08. The first kappa shape index (κ1) is 15.0. The van der Waals surface area contributed by atoms with Gasteiger partial charge in [0.1, 0.15) is 0 Å². The number of carbonyl (C=O) groups excluding carboxylic acids is 2. The van der Waals surface area contributed by atoms with Gasteiger partial charge in [-0.3, -0.25) is 9.59 Å². The van der Waals surface area contributed by atoms with Crippen LogP contribution in [0.5, 0.6) is 0 Å². The summed E-state index contributed by atoms with van der Waals surface area (Å²) in [4.78, 5) is 26.3. The number of nitrogens with zero attached hydrogens (tertiary/aromatic N) is 1. The summed E-state index contributed by atoms with van der Waals surface area (Å²) in [7, 11) is 0. The van der Waals surface area contributed by atoms with Gasteiger partial charge in [0.2, 0.25) is 5.91 Å². The van der Waals surface area contributed by atoms with Crippen LogP contribution in [0.4, 0.5) is 5.69 Å². The Hall–Kier alpha value is -1.88. The van der Waals surface area contributed by atoms with Crippen molar-refractivity contribution in [2.75, 3.05) is 25.0 Å². The van der Waals surface area contributed by atoms with Crippen LogP contribution in [0.2, 0.25) is 0 Å². The zero-order chi connectivity index (χ0) is 15.7. The normalized spacial score (nSPS) is 27.4. The van der Waals surface area contributed by atoms with Crippen molar-refractivity contribution in [3.05, 3.63) is 29.8 Å². The van der Waals surface area contributed by atoms with Gasteiger partial charge in [0.05, 0.1) is 0 Å². The largest absolute Gasteiger partial charge is 0.333 e. The first-order valence-corrected chi connectivity index (χ1v) is 7.99. The number of anilines is 1. The van der Waals surface area contributed by atoms with Crippen LogP contribution in [0.15, 0.2) is 24.3 Å². The molecule has 3 rings (SSSR count). The van der Waals surface area contributed by atoms with Crippen molar-refractivity contribution in [2.45, 2.75) is 26.3 Å². The molecule has 22 heavy (non-hydrogen) atoms. The molecule has 118 valence electrons. The molecular weight excluding hydrogens is 278 g/mol. The Bertz CT molecular complexity index is 570. The lowest BCUT2D eigenvalue weighted by atomic mass is 10.1. The van der Waals surface area contributed by atoms with E-state index in [0.717, 1.165) is 31.7 Å². The maximum absolute atomic E-state index is 12.5. The molecule has 5 nitrogen and oxygen atoms in total. The highest BCUT2D eigenvalue weighted by Gasteiger charge is 2.39. The molecule has 0 bridgehead atoms. The molecule has 0 radical (unpaired) electrons. The van der Waals surface area contributed by atoms with Crippen LogP contribution in [0.25, 0.3) is 0 Å². The van der Waals surface area contributed by atoms with Crippen molar-refractivity contribution in [3.63, 3.8) is 0 Å². The molecule has 2 fully saturated rings. The van der Waals surface area contributed by atoms with Crippen molar-refractivity contribution in [2.24, 2.45) is 11.8 Å². The van der Waals surface area contributed by atoms with Gasteiger partial charge in [-0.05, 0) is 43.5 Å². The molecule has 2 amide bonds. The molecule has 0 aromatic heterocycles. The summed E-state index contributed by atoms with van der Waals surface area (Å²) >= 11 is 0. The monoisotopic (exact) mass is 301 g/mol. The van der Waals surface area contributed by atoms with Gasteiger partial charge in [-0.2, -0.15) is 0 Å². The Morgan fingerprint density at radius 2 is 1.91 bits per heavy atom. The van der Waals surface area contributed by atoms with Crippen LogP contribution in [0.1, 0.15) is 30.6 Å². The van der Waals surface area contributed by atoms with Gasteiger partial charge in [0.25, 0.3) is 5.91 Å². The highest BCUT2D eigenvalue weighted by molar-refractivity contribution is 5.97. The Labute approximate surface area is 131 Å². The molecule has 1 aliphatic carbocycles. The van der Waals surface area contributed by atoms with Gasteiger partial charge >= 0.3 is 0 Å². The zero-order valence-electron chi connectivity index (χ0n) is 13.1. The summed E-state index contributed by atoms with van der Waals surface area (Å²) in [6.45, 7) is 6.54. The van der Waals surface area contributed by atoms with E-state index in [1.807, 2.05) is 17.0 Å². The molecule has 1 aliphatic heterocycles. The van der Waals surface area contributed by atoms with Crippen molar-refractivity contribution in [1.82, 2.24) is 10.2 Å². The molecule has 5 heteroatoms. The number of hydrogen-bond donors (Lipinski definition) is 2.